The molecule has 0 atom stereocenters. The maximum absolute atomic E-state index is 9.69. The standard InChI is InChI=1S/C5H6O6/c6-2-9-1-5(10-3-7)11-4-8/h2-5H,1H2. The molecule has 0 saturated carbocycles. The van der Waals surface area contributed by atoms with E-state index in [0.717, 1.165) is 0 Å². The van der Waals surface area contributed by atoms with E-state index in [1.165, 1.54) is 0 Å². The van der Waals surface area contributed by atoms with Crippen LogP contribution in [0.4, 0.5) is 0 Å². The first-order valence-corrected chi connectivity index (χ1v) is 2.58. The molecule has 0 spiro atoms. The van der Waals surface area contributed by atoms with E-state index in [1.54, 1.807) is 0 Å². The lowest BCUT2D eigenvalue weighted by Gasteiger charge is -2.10. The van der Waals surface area contributed by atoms with Crippen LogP contribution in [0.1, 0.15) is 0 Å². The average Bonchev–Trinajstić information content (AvgIpc) is 2.01. The minimum atomic E-state index is -1.16. The fourth-order valence-electron chi connectivity index (χ4n) is 0.352. The van der Waals surface area contributed by atoms with E-state index >= 15 is 0 Å². The summed E-state index contributed by atoms with van der Waals surface area (Å²) in [5.74, 6) is 0. The summed E-state index contributed by atoms with van der Waals surface area (Å²) in [6.07, 6.45) is -1.16. The largest absolute Gasteiger partial charge is 0.460 e. The Labute approximate surface area is 62.0 Å². The smallest absolute Gasteiger partial charge is 0.296 e. The Morgan fingerprint density at radius 2 is 1.55 bits per heavy atom. The summed E-state index contributed by atoms with van der Waals surface area (Å²) in [5.41, 5.74) is 0. The van der Waals surface area contributed by atoms with Gasteiger partial charge in [0.15, 0.2) is 6.61 Å². The Morgan fingerprint density at radius 1 is 1.00 bits per heavy atom. The van der Waals surface area contributed by atoms with Crippen molar-refractivity contribution in [1.29, 1.82) is 0 Å². The van der Waals surface area contributed by atoms with E-state index in [1.807, 2.05) is 0 Å². The number of ether oxygens (including phenoxy) is 3. The Hall–Kier alpha value is -1.59. The maximum Gasteiger partial charge on any atom is 0.296 e. The van der Waals surface area contributed by atoms with Crippen LogP contribution in [0.15, 0.2) is 0 Å². The molecule has 0 amide bonds. The van der Waals surface area contributed by atoms with E-state index in [9.17, 15) is 14.4 Å². The van der Waals surface area contributed by atoms with Gasteiger partial charge in [-0.1, -0.05) is 0 Å². The zero-order chi connectivity index (χ0) is 8.53. The number of rotatable bonds is 7. The summed E-state index contributed by atoms with van der Waals surface area (Å²) >= 11 is 0. The topological polar surface area (TPSA) is 78.9 Å². The molecule has 0 heterocycles. The van der Waals surface area contributed by atoms with Crippen molar-refractivity contribution in [2.75, 3.05) is 6.61 Å². The first-order chi connectivity index (χ1) is 5.35. The lowest BCUT2D eigenvalue weighted by Crippen LogP contribution is -2.22. The van der Waals surface area contributed by atoms with E-state index in [0.29, 0.717) is 0 Å². The summed E-state index contributed by atoms with van der Waals surface area (Å²) in [6.45, 7) is 0.0148. The molecule has 0 unspecified atom stereocenters. The van der Waals surface area contributed by atoms with Gasteiger partial charge in [-0.25, -0.2) is 0 Å². The molecule has 0 radical (unpaired) electrons. The highest BCUT2D eigenvalue weighted by Gasteiger charge is 2.08. The molecule has 0 fully saturated rings. The first kappa shape index (κ1) is 9.41. The van der Waals surface area contributed by atoms with Crippen molar-refractivity contribution in [2.24, 2.45) is 0 Å². The minimum Gasteiger partial charge on any atom is -0.460 e. The number of hydrogen-bond donors (Lipinski definition) is 0. The molecule has 6 heteroatoms. The Morgan fingerprint density at radius 3 is 1.91 bits per heavy atom. The quantitative estimate of drug-likeness (QED) is 0.346. The third-order valence-electron chi connectivity index (χ3n) is 0.715. The molecule has 0 aliphatic heterocycles. The van der Waals surface area contributed by atoms with E-state index in [2.05, 4.69) is 14.2 Å². The van der Waals surface area contributed by atoms with Crippen LogP contribution in [0.3, 0.4) is 0 Å². The Balaban J connectivity index is 3.57. The summed E-state index contributed by atoms with van der Waals surface area (Å²) in [4.78, 5) is 29.0. The predicted octanol–water partition coefficient (Wildman–Crippen LogP) is -1.17. The van der Waals surface area contributed by atoms with E-state index in [4.69, 9.17) is 0 Å². The average molecular weight is 162 g/mol. The second kappa shape index (κ2) is 6.53. The zero-order valence-corrected chi connectivity index (χ0v) is 5.47. The highest BCUT2D eigenvalue weighted by atomic mass is 16.7. The Kier molecular flexibility index (Phi) is 5.59. The summed E-state index contributed by atoms with van der Waals surface area (Å²) in [6, 6.07) is 0. The summed E-state index contributed by atoms with van der Waals surface area (Å²) in [7, 11) is 0. The Bertz CT molecular complexity index is 123. The summed E-state index contributed by atoms with van der Waals surface area (Å²) < 4.78 is 12.5. The molecule has 0 saturated heterocycles. The van der Waals surface area contributed by atoms with E-state index < -0.39 is 6.29 Å². The molecule has 0 aromatic carbocycles. The number of carbonyl (C=O) groups excluding carboxylic acids is 3. The summed E-state index contributed by atoms with van der Waals surface area (Å²) in [5, 5.41) is 0. The highest BCUT2D eigenvalue weighted by Crippen LogP contribution is 1.90. The van der Waals surface area contributed by atoms with Gasteiger partial charge in [0.2, 0.25) is 0 Å². The minimum absolute atomic E-state index is 0.0856. The SMILES string of the molecule is O=COCC(OC=O)OC=O. The second-order valence-electron chi connectivity index (χ2n) is 1.32. The van der Waals surface area contributed by atoms with Gasteiger partial charge in [-0.2, -0.15) is 0 Å². The van der Waals surface area contributed by atoms with Gasteiger partial charge in [0, 0.05) is 0 Å². The molecule has 0 aliphatic carbocycles. The fourth-order valence-corrected chi connectivity index (χ4v) is 0.352. The number of carbonyl (C=O) groups is 3. The molecular formula is C5H6O6. The van der Waals surface area contributed by atoms with Gasteiger partial charge in [0.1, 0.15) is 0 Å². The van der Waals surface area contributed by atoms with Gasteiger partial charge in [-0.05, 0) is 0 Å². The van der Waals surface area contributed by atoms with E-state index in [-0.39, 0.29) is 26.0 Å². The molecule has 11 heavy (non-hydrogen) atoms. The zero-order valence-electron chi connectivity index (χ0n) is 5.47. The van der Waals surface area contributed by atoms with Gasteiger partial charge < -0.3 is 14.2 Å². The third kappa shape index (κ3) is 4.89. The van der Waals surface area contributed by atoms with Crippen LogP contribution >= 0.6 is 0 Å². The normalized spacial score (nSPS) is 8.45. The van der Waals surface area contributed by atoms with Crippen LogP contribution in [-0.2, 0) is 28.6 Å². The van der Waals surface area contributed by atoms with Crippen LogP contribution in [0.25, 0.3) is 0 Å². The van der Waals surface area contributed by atoms with Crippen molar-refractivity contribution in [3.8, 4) is 0 Å². The predicted molar refractivity (Wildman–Crippen MR) is 30.1 cm³/mol. The van der Waals surface area contributed by atoms with Crippen LogP contribution in [-0.4, -0.2) is 32.3 Å². The highest BCUT2D eigenvalue weighted by molar-refractivity contribution is 5.40. The molecule has 0 aliphatic rings. The van der Waals surface area contributed by atoms with Crippen molar-refractivity contribution in [3.05, 3.63) is 0 Å². The van der Waals surface area contributed by atoms with Gasteiger partial charge in [0.05, 0.1) is 0 Å². The fraction of sp³-hybridized carbons (Fsp3) is 0.400. The van der Waals surface area contributed by atoms with Crippen molar-refractivity contribution in [3.63, 3.8) is 0 Å². The lowest BCUT2D eigenvalue weighted by molar-refractivity contribution is -0.180. The lowest BCUT2D eigenvalue weighted by atomic mass is 10.7. The molecule has 62 valence electrons. The molecule has 0 aromatic heterocycles. The van der Waals surface area contributed by atoms with Crippen LogP contribution in [0.5, 0.6) is 0 Å². The van der Waals surface area contributed by atoms with Gasteiger partial charge in [-0.3, -0.25) is 14.4 Å². The van der Waals surface area contributed by atoms with Gasteiger partial charge in [0.25, 0.3) is 25.7 Å². The molecule has 0 rings (SSSR count). The molecule has 0 aromatic rings. The van der Waals surface area contributed by atoms with Gasteiger partial charge >= 0.3 is 0 Å². The van der Waals surface area contributed by atoms with Crippen LogP contribution in [0.2, 0.25) is 0 Å². The number of hydrogen-bond acceptors (Lipinski definition) is 6. The molecule has 0 N–H and O–H groups in total. The van der Waals surface area contributed by atoms with Crippen LogP contribution in [0, 0.1) is 0 Å². The maximum atomic E-state index is 9.69. The van der Waals surface area contributed by atoms with Crippen molar-refractivity contribution in [2.45, 2.75) is 6.29 Å². The van der Waals surface area contributed by atoms with Crippen molar-refractivity contribution < 1.29 is 28.6 Å². The monoisotopic (exact) mass is 162 g/mol. The molecule has 0 bridgehead atoms. The van der Waals surface area contributed by atoms with Crippen LogP contribution < -0.4 is 0 Å². The van der Waals surface area contributed by atoms with Crippen molar-refractivity contribution in [1.82, 2.24) is 0 Å². The molecule has 6 nitrogen and oxygen atoms in total. The molecular weight excluding hydrogens is 156 g/mol. The third-order valence-corrected chi connectivity index (χ3v) is 0.715. The van der Waals surface area contributed by atoms with Gasteiger partial charge in [-0.15, -0.1) is 0 Å². The second-order valence-corrected chi connectivity index (χ2v) is 1.32. The first-order valence-electron chi connectivity index (χ1n) is 2.58. The van der Waals surface area contributed by atoms with Crippen molar-refractivity contribution >= 4 is 19.4 Å².